The van der Waals surface area contributed by atoms with Gasteiger partial charge in [-0.25, -0.2) is 4.79 Å². The second-order valence-corrected chi connectivity index (χ2v) is 8.39. The molecular formula is C20H23N2O5S-. The summed E-state index contributed by atoms with van der Waals surface area (Å²) in [6, 6.07) is 8.91. The molecule has 1 aliphatic heterocycles. The van der Waals surface area contributed by atoms with Gasteiger partial charge in [-0.05, 0) is 25.0 Å². The van der Waals surface area contributed by atoms with Crippen molar-refractivity contribution in [3.63, 3.8) is 0 Å². The van der Waals surface area contributed by atoms with Gasteiger partial charge < -0.3 is 24.6 Å². The summed E-state index contributed by atoms with van der Waals surface area (Å²) in [6.07, 6.45) is 0.433. The molecule has 0 atom stereocenters. The number of amides is 2. The first-order chi connectivity index (χ1) is 13.3. The highest BCUT2D eigenvalue weighted by atomic mass is 32.1. The van der Waals surface area contributed by atoms with Crippen molar-refractivity contribution < 1.29 is 24.5 Å². The van der Waals surface area contributed by atoms with Crippen molar-refractivity contribution in [2.24, 2.45) is 0 Å². The number of hydrogen-bond donors (Lipinski definition) is 2. The minimum absolute atomic E-state index is 0.0217. The van der Waals surface area contributed by atoms with Gasteiger partial charge in [-0.3, -0.25) is 5.32 Å². The van der Waals surface area contributed by atoms with Crippen LogP contribution in [0.4, 0.5) is 9.80 Å². The highest BCUT2D eigenvalue weighted by Crippen LogP contribution is 2.40. The average molecular weight is 403 g/mol. The highest BCUT2D eigenvalue weighted by Gasteiger charge is 2.32. The van der Waals surface area contributed by atoms with Crippen molar-refractivity contribution in [1.29, 1.82) is 0 Å². The number of urea groups is 1. The minimum atomic E-state index is -1.32. The van der Waals surface area contributed by atoms with Gasteiger partial charge in [0, 0.05) is 30.0 Å². The summed E-state index contributed by atoms with van der Waals surface area (Å²) in [7, 11) is 0. The zero-order valence-electron chi connectivity index (χ0n) is 15.9. The predicted molar refractivity (Wildman–Crippen MR) is 104 cm³/mol. The van der Waals surface area contributed by atoms with E-state index in [4.69, 9.17) is 4.74 Å². The average Bonchev–Trinajstić information content (AvgIpc) is 2.98. The van der Waals surface area contributed by atoms with Crippen LogP contribution in [0.15, 0.2) is 30.3 Å². The smallest absolute Gasteiger partial charge is 0.322 e. The van der Waals surface area contributed by atoms with Crippen molar-refractivity contribution in [3.8, 4) is 0 Å². The summed E-state index contributed by atoms with van der Waals surface area (Å²) in [5.41, 5.74) is 1.11. The zero-order valence-corrected chi connectivity index (χ0v) is 16.7. The van der Waals surface area contributed by atoms with E-state index >= 15 is 0 Å². The van der Waals surface area contributed by atoms with E-state index in [1.165, 1.54) is 16.2 Å². The standard InChI is InChI=1S/C20H24N2O5S/c1-20(2)10-14-15(12-27-20)28-17(16(14)18(24)25)21-19(26)22(8-9-23)11-13-6-4-3-5-7-13/h3-7,23H,8-12H2,1-2H3,(H,21,26)(H,24,25)/p-1. The second-order valence-electron chi connectivity index (χ2n) is 7.28. The Morgan fingerprint density at radius 1 is 1.32 bits per heavy atom. The molecule has 0 saturated carbocycles. The number of anilines is 1. The van der Waals surface area contributed by atoms with Crippen LogP contribution in [-0.4, -0.2) is 40.8 Å². The van der Waals surface area contributed by atoms with Gasteiger partial charge in [-0.15, -0.1) is 11.3 Å². The summed E-state index contributed by atoms with van der Waals surface area (Å²) >= 11 is 1.19. The molecule has 0 unspecified atom stereocenters. The maximum Gasteiger partial charge on any atom is 0.322 e. The van der Waals surface area contributed by atoms with E-state index in [0.29, 0.717) is 25.1 Å². The quantitative estimate of drug-likeness (QED) is 0.768. The molecule has 3 rings (SSSR count). The Balaban J connectivity index is 1.84. The van der Waals surface area contributed by atoms with Crippen LogP contribution in [0.2, 0.25) is 0 Å². The zero-order chi connectivity index (χ0) is 20.3. The molecule has 0 aliphatic carbocycles. The number of thiophene rings is 1. The van der Waals surface area contributed by atoms with Crippen molar-refractivity contribution in [2.75, 3.05) is 18.5 Å². The summed E-state index contributed by atoms with van der Waals surface area (Å²) in [6.45, 7) is 4.32. The number of aromatic carboxylic acids is 1. The SMILES string of the molecule is CC1(C)Cc2c(sc(NC(=O)N(CCO)Cc3ccccc3)c2C(=O)[O-])CO1. The number of carboxylic acid groups (broad SMARTS) is 1. The van der Waals surface area contributed by atoms with Crippen LogP contribution in [0.5, 0.6) is 0 Å². The number of nitrogens with one attached hydrogen (secondary N) is 1. The van der Waals surface area contributed by atoms with Crippen LogP contribution >= 0.6 is 11.3 Å². The van der Waals surface area contributed by atoms with Crippen molar-refractivity contribution in [2.45, 2.75) is 39.0 Å². The molecule has 2 amide bonds. The van der Waals surface area contributed by atoms with Gasteiger partial charge in [-0.1, -0.05) is 30.3 Å². The normalized spacial score (nSPS) is 15.0. The third-order valence-corrected chi connectivity index (χ3v) is 5.71. The third-order valence-electron chi connectivity index (χ3n) is 4.59. The van der Waals surface area contributed by atoms with E-state index in [1.54, 1.807) is 0 Å². The number of carbonyl (C=O) groups is 2. The van der Waals surface area contributed by atoms with Crippen LogP contribution < -0.4 is 10.4 Å². The highest BCUT2D eigenvalue weighted by molar-refractivity contribution is 7.17. The molecular weight excluding hydrogens is 380 g/mol. The first-order valence-corrected chi connectivity index (χ1v) is 9.83. The van der Waals surface area contributed by atoms with Crippen LogP contribution in [0.25, 0.3) is 0 Å². The van der Waals surface area contributed by atoms with Crippen LogP contribution in [0, 0.1) is 0 Å². The van der Waals surface area contributed by atoms with Crippen LogP contribution in [0.1, 0.15) is 40.2 Å². The summed E-state index contributed by atoms with van der Waals surface area (Å²) in [4.78, 5) is 26.8. The second kappa shape index (κ2) is 8.30. The van der Waals surface area contributed by atoms with Gasteiger partial charge in [-0.2, -0.15) is 0 Å². The molecule has 28 heavy (non-hydrogen) atoms. The molecule has 2 heterocycles. The molecule has 0 radical (unpaired) electrons. The maximum absolute atomic E-state index is 12.8. The number of rotatable bonds is 6. The molecule has 0 spiro atoms. The molecule has 0 fully saturated rings. The van der Waals surface area contributed by atoms with E-state index in [2.05, 4.69) is 5.32 Å². The fourth-order valence-corrected chi connectivity index (χ4v) is 4.32. The van der Waals surface area contributed by atoms with Gasteiger partial charge in [0.05, 0.1) is 24.8 Å². The van der Waals surface area contributed by atoms with Crippen molar-refractivity contribution in [3.05, 3.63) is 51.9 Å². The lowest BCUT2D eigenvalue weighted by molar-refractivity contribution is -0.255. The Bertz CT molecular complexity index is 863. The number of carbonyl (C=O) groups excluding carboxylic acids is 2. The molecule has 150 valence electrons. The minimum Gasteiger partial charge on any atom is -0.545 e. The van der Waals surface area contributed by atoms with E-state index in [-0.39, 0.29) is 23.7 Å². The number of aliphatic hydroxyl groups excluding tert-OH is 1. The fraction of sp³-hybridized carbons (Fsp3) is 0.400. The Labute approximate surface area is 167 Å². The molecule has 8 heteroatoms. The van der Waals surface area contributed by atoms with E-state index in [9.17, 15) is 19.8 Å². The lowest BCUT2D eigenvalue weighted by Gasteiger charge is -2.30. The molecule has 1 aromatic carbocycles. The van der Waals surface area contributed by atoms with Gasteiger partial charge in [0.1, 0.15) is 5.00 Å². The van der Waals surface area contributed by atoms with E-state index < -0.39 is 17.6 Å². The molecule has 1 aromatic heterocycles. The molecule has 0 bridgehead atoms. The Hall–Kier alpha value is -2.42. The largest absolute Gasteiger partial charge is 0.545 e. The number of hydrogen-bond acceptors (Lipinski definition) is 6. The number of nitrogens with zero attached hydrogens (tertiary/aromatic N) is 1. The van der Waals surface area contributed by atoms with Crippen LogP contribution in [0.3, 0.4) is 0 Å². The summed E-state index contributed by atoms with van der Waals surface area (Å²) < 4.78 is 5.75. The maximum atomic E-state index is 12.8. The Morgan fingerprint density at radius 2 is 2.04 bits per heavy atom. The van der Waals surface area contributed by atoms with Crippen molar-refractivity contribution in [1.82, 2.24) is 4.90 Å². The lowest BCUT2D eigenvalue weighted by atomic mass is 9.93. The monoisotopic (exact) mass is 403 g/mol. The van der Waals surface area contributed by atoms with Gasteiger partial charge in [0.2, 0.25) is 0 Å². The van der Waals surface area contributed by atoms with E-state index in [1.807, 2.05) is 44.2 Å². The first-order valence-electron chi connectivity index (χ1n) is 9.01. The first kappa shape index (κ1) is 20.3. The number of carboxylic acids is 1. The fourth-order valence-electron chi connectivity index (χ4n) is 3.21. The third kappa shape index (κ3) is 4.52. The summed E-state index contributed by atoms with van der Waals surface area (Å²) in [5, 5.41) is 24.0. The van der Waals surface area contributed by atoms with Gasteiger partial charge in [0.25, 0.3) is 0 Å². The van der Waals surface area contributed by atoms with Crippen LogP contribution in [-0.2, 0) is 24.3 Å². The number of fused-ring (bicyclic) bond motifs is 1. The topological polar surface area (TPSA) is 102 Å². The lowest BCUT2D eigenvalue weighted by Crippen LogP contribution is -2.37. The Morgan fingerprint density at radius 3 is 2.68 bits per heavy atom. The molecule has 7 nitrogen and oxygen atoms in total. The summed E-state index contributed by atoms with van der Waals surface area (Å²) in [5.74, 6) is -1.32. The molecule has 2 N–H and O–H groups in total. The molecule has 2 aromatic rings. The predicted octanol–water partition coefficient (Wildman–Crippen LogP) is 1.99. The molecule has 1 aliphatic rings. The number of aliphatic hydroxyl groups is 1. The van der Waals surface area contributed by atoms with Gasteiger partial charge in [0.15, 0.2) is 0 Å². The number of ether oxygens (including phenoxy) is 1. The number of benzene rings is 1. The molecule has 0 saturated heterocycles. The van der Waals surface area contributed by atoms with Crippen molar-refractivity contribution >= 4 is 28.3 Å². The van der Waals surface area contributed by atoms with E-state index in [0.717, 1.165) is 10.4 Å². The Kier molecular flexibility index (Phi) is 6.02. The van der Waals surface area contributed by atoms with Gasteiger partial charge >= 0.3 is 6.03 Å².